The molecule has 18 heavy (non-hydrogen) atoms. The molecule has 1 saturated carbocycles. The third-order valence-electron chi connectivity index (χ3n) is 3.50. The Bertz CT molecular complexity index is 423. The lowest BCUT2D eigenvalue weighted by Crippen LogP contribution is -2.29. The SMILES string of the molecule is COC1CCCC(Oc2cc(C)c(F)cc2N)C1. The molecule has 3 nitrogen and oxygen atoms in total. The van der Waals surface area contributed by atoms with Gasteiger partial charge >= 0.3 is 0 Å². The van der Waals surface area contributed by atoms with Gasteiger partial charge in [-0.1, -0.05) is 0 Å². The molecule has 4 heteroatoms. The van der Waals surface area contributed by atoms with Crippen molar-refractivity contribution in [2.75, 3.05) is 12.8 Å². The van der Waals surface area contributed by atoms with Crippen LogP contribution in [0.1, 0.15) is 31.2 Å². The Balaban J connectivity index is 2.07. The monoisotopic (exact) mass is 253 g/mol. The summed E-state index contributed by atoms with van der Waals surface area (Å²) in [6, 6.07) is 2.99. The summed E-state index contributed by atoms with van der Waals surface area (Å²) in [7, 11) is 1.73. The van der Waals surface area contributed by atoms with Crippen LogP contribution in [0.2, 0.25) is 0 Å². The minimum absolute atomic E-state index is 0.107. The molecule has 0 heterocycles. The Labute approximate surface area is 107 Å². The van der Waals surface area contributed by atoms with Crippen LogP contribution in [0.5, 0.6) is 5.75 Å². The van der Waals surface area contributed by atoms with Gasteiger partial charge in [0.05, 0.1) is 11.8 Å². The standard InChI is InChI=1S/C14H20FNO2/c1-9-6-14(13(16)8-12(9)15)18-11-5-3-4-10(7-11)17-2/h6,8,10-11H,3-5,7,16H2,1-2H3. The van der Waals surface area contributed by atoms with E-state index in [0.29, 0.717) is 17.0 Å². The van der Waals surface area contributed by atoms with Gasteiger partial charge in [-0.15, -0.1) is 0 Å². The number of nitrogens with two attached hydrogens (primary N) is 1. The number of hydrogen-bond acceptors (Lipinski definition) is 3. The summed E-state index contributed by atoms with van der Waals surface area (Å²) in [5.74, 6) is 0.286. The molecule has 0 saturated heterocycles. The van der Waals surface area contributed by atoms with E-state index in [0.717, 1.165) is 25.7 Å². The van der Waals surface area contributed by atoms with Crippen molar-refractivity contribution in [1.29, 1.82) is 0 Å². The van der Waals surface area contributed by atoms with E-state index in [2.05, 4.69) is 0 Å². The number of halogens is 1. The lowest BCUT2D eigenvalue weighted by atomic mass is 9.95. The van der Waals surface area contributed by atoms with E-state index in [1.165, 1.54) is 6.07 Å². The van der Waals surface area contributed by atoms with E-state index in [4.69, 9.17) is 15.2 Å². The average molecular weight is 253 g/mol. The van der Waals surface area contributed by atoms with Crippen molar-refractivity contribution >= 4 is 5.69 Å². The molecular formula is C14H20FNO2. The molecule has 1 aromatic carbocycles. The number of benzene rings is 1. The van der Waals surface area contributed by atoms with Crippen molar-refractivity contribution in [1.82, 2.24) is 0 Å². The normalized spacial score (nSPS) is 23.9. The topological polar surface area (TPSA) is 44.5 Å². The van der Waals surface area contributed by atoms with E-state index in [9.17, 15) is 4.39 Å². The molecule has 2 unspecified atom stereocenters. The molecule has 1 fully saturated rings. The minimum Gasteiger partial charge on any atom is -0.488 e. The zero-order valence-corrected chi connectivity index (χ0v) is 10.9. The van der Waals surface area contributed by atoms with Gasteiger partial charge in [0.25, 0.3) is 0 Å². The second-order valence-electron chi connectivity index (χ2n) is 4.90. The molecule has 100 valence electrons. The molecule has 0 spiro atoms. The first-order valence-electron chi connectivity index (χ1n) is 6.35. The summed E-state index contributed by atoms with van der Waals surface area (Å²) < 4.78 is 24.5. The first-order valence-corrected chi connectivity index (χ1v) is 6.35. The zero-order chi connectivity index (χ0) is 13.1. The smallest absolute Gasteiger partial charge is 0.143 e. The predicted molar refractivity (Wildman–Crippen MR) is 69.2 cm³/mol. The van der Waals surface area contributed by atoms with E-state index >= 15 is 0 Å². The third-order valence-corrected chi connectivity index (χ3v) is 3.50. The van der Waals surface area contributed by atoms with Gasteiger partial charge in [-0.2, -0.15) is 0 Å². The summed E-state index contributed by atoms with van der Waals surface area (Å²) in [5, 5.41) is 0. The molecule has 0 aromatic heterocycles. The van der Waals surface area contributed by atoms with Gasteiger partial charge in [0.15, 0.2) is 0 Å². The van der Waals surface area contributed by atoms with Gasteiger partial charge in [0.1, 0.15) is 17.7 Å². The van der Waals surface area contributed by atoms with Crippen LogP contribution >= 0.6 is 0 Å². The van der Waals surface area contributed by atoms with Crippen LogP contribution in [0.25, 0.3) is 0 Å². The lowest BCUT2D eigenvalue weighted by Gasteiger charge is -2.29. The van der Waals surface area contributed by atoms with Gasteiger partial charge < -0.3 is 15.2 Å². The summed E-state index contributed by atoms with van der Waals surface area (Å²) >= 11 is 0. The average Bonchev–Trinajstić information content (AvgIpc) is 2.36. The number of nitrogen functional groups attached to an aromatic ring is 1. The first-order chi connectivity index (χ1) is 8.60. The molecule has 0 bridgehead atoms. The highest BCUT2D eigenvalue weighted by Crippen LogP contribution is 2.30. The summed E-state index contributed by atoms with van der Waals surface area (Å²) in [5.41, 5.74) is 6.69. The quantitative estimate of drug-likeness (QED) is 0.842. The highest BCUT2D eigenvalue weighted by Gasteiger charge is 2.23. The second kappa shape index (κ2) is 5.57. The van der Waals surface area contributed by atoms with Crippen molar-refractivity contribution in [3.63, 3.8) is 0 Å². The van der Waals surface area contributed by atoms with E-state index < -0.39 is 0 Å². The van der Waals surface area contributed by atoms with Crippen LogP contribution < -0.4 is 10.5 Å². The summed E-state index contributed by atoms with van der Waals surface area (Å²) in [4.78, 5) is 0. The van der Waals surface area contributed by atoms with E-state index in [1.54, 1.807) is 20.1 Å². The maximum atomic E-state index is 13.3. The number of ether oxygens (including phenoxy) is 2. The maximum Gasteiger partial charge on any atom is 0.143 e. The van der Waals surface area contributed by atoms with Crippen molar-refractivity contribution in [2.24, 2.45) is 0 Å². The Morgan fingerprint density at radius 2 is 2.00 bits per heavy atom. The molecule has 1 aromatic rings. The third kappa shape index (κ3) is 2.93. The van der Waals surface area contributed by atoms with Gasteiger partial charge in [-0.05, 0) is 37.8 Å². The van der Waals surface area contributed by atoms with E-state index in [1.807, 2.05) is 0 Å². The highest BCUT2D eigenvalue weighted by molar-refractivity contribution is 5.54. The molecular weight excluding hydrogens is 233 g/mol. The fourth-order valence-corrected chi connectivity index (χ4v) is 2.38. The Morgan fingerprint density at radius 3 is 2.72 bits per heavy atom. The number of methoxy groups -OCH3 is 1. The fraction of sp³-hybridized carbons (Fsp3) is 0.571. The van der Waals surface area contributed by atoms with Gasteiger partial charge in [-0.25, -0.2) is 4.39 Å². The molecule has 1 aliphatic rings. The van der Waals surface area contributed by atoms with Gasteiger partial charge in [0.2, 0.25) is 0 Å². The summed E-state index contributed by atoms with van der Waals surface area (Å²) in [6.45, 7) is 1.71. The maximum absolute atomic E-state index is 13.3. The highest BCUT2D eigenvalue weighted by atomic mass is 19.1. The van der Waals surface area contributed by atoms with Crippen LogP contribution in [-0.4, -0.2) is 19.3 Å². The Kier molecular flexibility index (Phi) is 4.07. The van der Waals surface area contributed by atoms with Crippen molar-refractivity contribution in [3.8, 4) is 5.75 Å². The molecule has 0 amide bonds. The van der Waals surface area contributed by atoms with Crippen molar-refractivity contribution in [3.05, 3.63) is 23.5 Å². The molecule has 2 N–H and O–H groups in total. The van der Waals surface area contributed by atoms with Crippen molar-refractivity contribution in [2.45, 2.75) is 44.8 Å². The lowest BCUT2D eigenvalue weighted by molar-refractivity contribution is 0.0212. The predicted octanol–water partition coefficient (Wildman–Crippen LogP) is 3.05. The van der Waals surface area contributed by atoms with Gasteiger partial charge in [0, 0.05) is 19.6 Å². The largest absolute Gasteiger partial charge is 0.488 e. The molecule has 1 aliphatic carbocycles. The zero-order valence-electron chi connectivity index (χ0n) is 10.9. The molecule has 2 rings (SSSR count). The number of rotatable bonds is 3. The van der Waals surface area contributed by atoms with Crippen LogP contribution in [0.15, 0.2) is 12.1 Å². The first kappa shape index (κ1) is 13.1. The minimum atomic E-state index is -0.293. The van der Waals surface area contributed by atoms with Crippen LogP contribution in [0, 0.1) is 12.7 Å². The number of aryl methyl sites for hydroxylation is 1. The fourth-order valence-electron chi connectivity index (χ4n) is 2.38. The Hall–Kier alpha value is -1.29. The number of hydrogen-bond donors (Lipinski definition) is 1. The van der Waals surface area contributed by atoms with Gasteiger partial charge in [-0.3, -0.25) is 0 Å². The van der Waals surface area contributed by atoms with Crippen molar-refractivity contribution < 1.29 is 13.9 Å². The molecule has 2 atom stereocenters. The Morgan fingerprint density at radius 1 is 1.28 bits per heavy atom. The van der Waals surface area contributed by atoms with Crippen LogP contribution in [0.3, 0.4) is 0 Å². The number of anilines is 1. The van der Waals surface area contributed by atoms with E-state index in [-0.39, 0.29) is 18.0 Å². The van der Waals surface area contributed by atoms with Crippen LogP contribution in [-0.2, 0) is 4.74 Å². The van der Waals surface area contributed by atoms with Crippen LogP contribution in [0.4, 0.5) is 10.1 Å². The molecule has 0 aliphatic heterocycles. The second-order valence-corrected chi connectivity index (χ2v) is 4.90. The molecule has 0 radical (unpaired) electrons. The summed E-state index contributed by atoms with van der Waals surface area (Å²) in [6.07, 6.45) is 4.39.